The van der Waals surface area contributed by atoms with Gasteiger partial charge in [0.2, 0.25) is 0 Å². The van der Waals surface area contributed by atoms with Gasteiger partial charge in [0.05, 0.1) is 0 Å². The van der Waals surface area contributed by atoms with Crippen molar-refractivity contribution in [2.45, 2.75) is 278 Å². The van der Waals surface area contributed by atoms with Crippen LogP contribution in [0, 0.1) is 11.8 Å². The summed E-state index contributed by atoms with van der Waals surface area (Å²) in [6, 6.07) is 0. The molecule has 6 nitrogen and oxygen atoms in total. The van der Waals surface area contributed by atoms with Crippen LogP contribution in [0.5, 0.6) is 0 Å². The summed E-state index contributed by atoms with van der Waals surface area (Å²) in [7, 11) is 0. The molecule has 0 heterocycles. The van der Waals surface area contributed by atoms with E-state index in [0.29, 0.717) is 19.3 Å². The normalized spacial score (nSPS) is 12.1. The third-order valence-electron chi connectivity index (χ3n) is 11.2. The fourth-order valence-electron chi connectivity index (χ4n) is 7.46. The first-order chi connectivity index (χ1) is 27.2. The lowest BCUT2D eigenvalue weighted by atomic mass is 10.0. The Morgan fingerprint density at radius 2 is 0.589 bits per heavy atom. The molecular formula is C50H96O6. The Kier molecular flexibility index (Phi) is 41.8. The largest absolute Gasteiger partial charge is 0.462 e. The van der Waals surface area contributed by atoms with Crippen molar-refractivity contribution in [2.24, 2.45) is 11.8 Å². The van der Waals surface area contributed by atoms with Gasteiger partial charge in [-0.25, -0.2) is 0 Å². The topological polar surface area (TPSA) is 78.9 Å². The maximum Gasteiger partial charge on any atom is 0.306 e. The summed E-state index contributed by atoms with van der Waals surface area (Å²) in [5, 5.41) is 0. The molecule has 6 heteroatoms. The van der Waals surface area contributed by atoms with Crippen LogP contribution in [-0.2, 0) is 28.6 Å². The number of ether oxygens (including phenoxy) is 3. The van der Waals surface area contributed by atoms with Gasteiger partial charge in [0, 0.05) is 19.3 Å². The highest BCUT2D eigenvalue weighted by Crippen LogP contribution is 2.17. The number of hydrogen-bond acceptors (Lipinski definition) is 6. The van der Waals surface area contributed by atoms with Crippen molar-refractivity contribution in [1.29, 1.82) is 0 Å². The summed E-state index contributed by atoms with van der Waals surface area (Å²) in [6.45, 7) is 11.3. The van der Waals surface area contributed by atoms with Gasteiger partial charge in [-0.3, -0.25) is 14.4 Å². The summed E-state index contributed by atoms with van der Waals surface area (Å²) in [4.78, 5) is 37.7. The third kappa shape index (κ3) is 43.5. The van der Waals surface area contributed by atoms with Crippen LogP contribution in [0.1, 0.15) is 272 Å². The van der Waals surface area contributed by atoms with E-state index in [1.54, 1.807) is 0 Å². The van der Waals surface area contributed by atoms with Crippen LogP contribution < -0.4 is 0 Å². The highest BCUT2D eigenvalue weighted by Gasteiger charge is 2.19. The van der Waals surface area contributed by atoms with E-state index in [2.05, 4.69) is 34.6 Å². The quantitative estimate of drug-likeness (QED) is 0.0347. The van der Waals surface area contributed by atoms with Crippen LogP contribution in [0.4, 0.5) is 0 Å². The van der Waals surface area contributed by atoms with Crippen molar-refractivity contribution in [3.8, 4) is 0 Å². The predicted molar refractivity (Wildman–Crippen MR) is 238 cm³/mol. The Labute approximate surface area is 348 Å². The zero-order valence-corrected chi connectivity index (χ0v) is 38.3. The Morgan fingerprint density at radius 1 is 0.339 bits per heavy atom. The fourth-order valence-corrected chi connectivity index (χ4v) is 7.46. The van der Waals surface area contributed by atoms with E-state index < -0.39 is 6.10 Å². The first-order valence-corrected chi connectivity index (χ1v) is 24.7. The van der Waals surface area contributed by atoms with Crippen molar-refractivity contribution in [1.82, 2.24) is 0 Å². The van der Waals surface area contributed by atoms with E-state index in [1.165, 1.54) is 161 Å². The third-order valence-corrected chi connectivity index (χ3v) is 11.2. The van der Waals surface area contributed by atoms with E-state index in [0.717, 1.165) is 69.6 Å². The number of hydrogen-bond donors (Lipinski definition) is 0. The second-order valence-corrected chi connectivity index (χ2v) is 18.1. The molecule has 0 spiro atoms. The van der Waals surface area contributed by atoms with Crippen molar-refractivity contribution < 1.29 is 28.6 Å². The molecule has 0 aromatic heterocycles. The number of carbonyl (C=O) groups is 3. The summed E-state index contributed by atoms with van der Waals surface area (Å²) >= 11 is 0. The number of esters is 3. The van der Waals surface area contributed by atoms with Crippen LogP contribution in [-0.4, -0.2) is 37.2 Å². The first-order valence-electron chi connectivity index (χ1n) is 24.7. The van der Waals surface area contributed by atoms with E-state index in [1.807, 2.05) is 0 Å². The monoisotopic (exact) mass is 793 g/mol. The van der Waals surface area contributed by atoms with Crippen LogP contribution in [0.15, 0.2) is 0 Å². The van der Waals surface area contributed by atoms with Crippen molar-refractivity contribution in [3.05, 3.63) is 0 Å². The minimum Gasteiger partial charge on any atom is -0.462 e. The molecule has 0 amide bonds. The van der Waals surface area contributed by atoms with Crippen molar-refractivity contribution >= 4 is 17.9 Å². The lowest BCUT2D eigenvalue weighted by molar-refractivity contribution is -0.167. The number of rotatable bonds is 44. The lowest BCUT2D eigenvalue weighted by Gasteiger charge is -2.18. The molecule has 0 saturated heterocycles. The van der Waals surface area contributed by atoms with Crippen LogP contribution >= 0.6 is 0 Å². The van der Waals surface area contributed by atoms with Gasteiger partial charge >= 0.3 is 17.9 Å². The molecule has 1 atom stereocenters. The van der Waals surface area contributed by atoms with Gasteiger partial charge < -0.3 is 14.2 Å². The zero-order chi connectivity index (χ0) is 41.2. The molecule has 0 fully saturated rings. The van der Waals surface area contributed by atoms with E-state index >= 15 is 0 Å². The second kappa shape index (κ2) is 43.0. The average Bonchev–Trinajstić information content (AvgIpc) is 3.16. The lowest BCUT2D eigenvalue weighted by Crippen LogP contribution is -2.30. The van der Waals surface area contributed by atoms with Crippen molar-refractivity contribution in [3.63, 3.8) is 0 Å². The Balaban J connectivity index is 4.21. The van der Waals surface area contributed by atoms with E-state index in [-0.39, 0.29) is 31.1 Å². The Hall–Kier alpha value is -1.59. The highest BCUT2D eigenvalue weighted by molar-refractivity contribution is 5.71. The molecule has 0 aromatic rings. The zero-order valence-electron chi connectivity index (χ0n) is 38.3. The van der Waals surface area contributed by atoms with Crippen LogP contribution in [0.25, 0.3) is 0 Å². The molecular weight excluding hydrogens is 697 g/mol. The van der Waals surface area contributed by atoms with E-state index in [4.69, 9.17) is 14.2 Å². The molecule has 56 heavy (non-hydrogen) atoms. The molecule has 0 aliphatic rings. The molecule has 0 aliphatic heterocycles. The molecule has 0 saturated carbocycles. The molecule has 332 valence electrons. The van der Waals surface area contributed by atoms with Crippen molar-refractivity contribution in [2.75, 3.05) is 13.2 Å². The smallest absolute Gasteiger partial charge is 0.306 e. The van der Waals surface area contributed by atoms with Gasteiger partial charge in [-0.15, -0.1) is 0 Å². The second-order valence-electron chi connectivity index (χ2n) is 18.1. The first kappa shape index (κ1) is 54.4. The molecule has 0 aromatic carbocycles. The van der Waals surface area contributed by atoms with Gasteiger partial charge in [0.25, 0.3) is 0 Å². The maximum absolute atomic E-state index is 12.7. The molecule has 0 unspecified atom stereocenters. The predicted octanol–water partition coefficient (Wildman–Crippen LogP) is 15.8. The highest BCUT2D eigenvalue weighted by atomic mass is 16.6. The summed E-state index contributed by atoms with van der Waals surface area (Å²) in [6.07, 6.45) is 42.4. The summed E-state index contributed by atoms with van der Waals surface area (Å²) in [5.41, 5.74) is 0. The molecule has 0 N–H and O–H groups in total. The molecule has 0 rings (SSSR count). The molecule has 0 aliphatic carbocycles. The van der Waals surface area contributed by atoms with Gasteiger partial charge in [0.1, 0.15) is 13.2 Å². The average molecular weight is 793 g/mol. The fraction of sp³-hybridized carbons (Fsp3) is 0.940. The molecule has 0 bridgehead atoms. The van der Waals surface area contributed by atoms with Crippen LogP contribution in [0.3, 0.4) is 0 Å². The number of carbonyl (C=O) groups excluding carboxylic acids is 3. The van der Waals surface area contributed by atoms with Gasteiger partial charge in [-0.2, -0.15) is 0 Å². The minimum atomic E-state index is -0.760. The summed E-state index contributed by atoms with van der Waals surface area (Å²) in [5.74, 6) is 0.812. The van der Waals surface area contributed by atoms with Gasteiger partial charge in [0.15, 0.2) is 6.10 Å². The standard InChI is InChI=1S/C50H96O6/c1-6-7-8-9-23-30-35-40-48(51)54-43-47(56-50(53)42-37-32-27-22-18-14-16-20-25-29-34-39-46(4)5)44-55-49(52)41-36-31-26-21-17-13-11-10-12-15-19-24-28-33-38-45(2)3/h45-47H,6-44H2,1-5H3/t47-/m1/s1. The Morgan fingerprint density at radius 3 is 0.875 bits per heavy atom. The van der Waals surface area contributed by atoms with Gasteiger partial charge in [-0.05, 0) is 31.1 Å². The van der Waals surface area contributed by atoms with Gasteiger partial charge in [-0.1, -0.05) is 234 Å². The SMILES string of the molecule is CCCCCCCCCC(=O)OC[C@H](COC(=O)CCCCCCCCCCCCCCCCC(C)C)OC(=O)CCCCCCCCCCCCCC(C)C. The van der Waals surface area contributed by atoms with Crippen LogP contribution in [0.2, 0.25) is 0 Å². The number of unbranched alkanes of at least 4 members (excludes halogenated alkanes) is 29. The molecule has 0 radical (unpaired) electrons. The maximum atomic E-state index is 12.7. The van der Waals surface area contributed by atoms with E-state index in [9.17, 15) is 14.4 Å². The summed E-state index contributed by atoms with van der Waals surface area (Å²) < 4.78 is 16.7. The Bertz CT molecular complexity index is 854. The minimum absolute atomic E-state index is 0.0643.